The van der Waals surface area contributed by atoms with Gasteiger partial charge in [0.25, 0.3) is 5.91 Å². The summed E-state index contributed by atoms with van der Waals surface area (Å²) in [6, 6.07) is 2.15. The number of benzene rings is 1. The lowest BCUT2D eigenvalue weighted by Crippen LogP contribution is -2.40. The zero-order chi connectivity index (χ0) is 14.2. The number of nitrogens with one attached hydrogen (secondary N) is 1. The van der Waals surface area contributed by atoms with Gasteiger partial charge in [-0.1, -0.05) is 0 Å². The van der Waals surface area contributed by atoms with Gasteiger partial charge in [-0.2, -0.15) is 0 Å². The number of likely N-dealkylation sites (tertiary alicyclic amines) is 1. The Balaban J connectivity index is 2.19. The second kappa shape index (κ2) is 4.87. The Morgan fingerprint density at radius 1 is 1.53 bits per heavy atom. The maximum absolute atomic E-state index is 13.9. The SMILES string of the molecule is Cc1cc(N)cc(C(=O)NC2CCN(C)C2=O)c1F. The van der Waals surface area contributed by atoms with Crippen LogP contribution in [0.25, 0.3) is 0 Å². The van der Waals surface area contributed by atoms with E-state index >= 15 is 0 Å². The number of nitrogens with zero attached hydrogens (tertiary/aromatic N) is 1. The quantitative estimate of drug-likeness (QED) is 0.772. The average molecular weight is 265 g/mol. The van der Waals surface area contributed by atoms with Gasteiger partial charge < -0.3 is 16.0 Å². The number of rotatable bonds is 2. The zero-order valence-electron chi connectivity index (χ0n) is 10.9. The van der Waals surface area contributed by atoms with Gasteiger partial charge in [0, 0.05) is 19.3 Å². The highest BCUT2D eigenvalue weighted by Crippen LogP contribution is 2.18. The van der Waals surface area contributed by atoms with Gasteiger partial charge in [-0.25, -0.2) is 4.39 Å². The number of carbonyl (C=O) groups is 2. The number of nitrogen functional groups attached to an aromatic ring is 1. The first-order valence-corrected chi connectivity index (χ1v) is 6.01. The molecule has 1 aromatic rings. The molecule has 2 amide bonds. The van der Waals surface area contributed by atoms with E-state index in [1.54, 1.807) is 7.05 Å². The van der Waals surface area contributed by atoms with E-state index in [0.29, 0.717) is 24.2 Å². The third-order valence-corrected chi connectivity index (χ3v) is 3.25. The van der Waals surface area contributed by atoms with Crippen LogP contribution >= 0.6 is 0 Å². The summed E-state index contributed by atoms with van der Waals surface area (Å²) in [7, 11) is 1.67. The van der Waals surface area contributed by atoms with Crippen LogP contribution in [0.3, 0.4) is 0 Å². The Hall–Kier alpha value is -2.11. The highest BCUT2D eigenvalue weighted by Gasteiger charge is 2.31. The van der Waals surface area contributed by atoms with Gasteiger partial charge in [-0.05, 0) is 31.0 Å². The van der Waals surface area contributed by atoms with Gasteiger partial charge in [-0.15, -0.1) is 0 Å². The number of hydrogen-bond donors (Lipinski definition) is 2. The number of likely N-dealkylation sites (N-methyl/N-ethyl adjacent to an activating group) is 1. The van der Waals surface area contributed by atoms with Crippen molar-refractivity contribution >= 4 is 17.5 Å². The van der Waals surface area contributed by atoms with E-state index in [-0.39, 0.29) is 11.5 Å². The minimum absolute atomic E-state index is 0.125. The van der Waals surface area contributed by atoms with Crippen LogP contribution in [0.5, 0.6) is 0 Å². The van der Waals surface area contributed by atoms with E-state index < -0.39 is 17.8 Å². The molecule has 2 rings (SSSR count). The minimum atomic E-state index is -0.610. The molecular formula is C13H16FN3O2. The molecule has 1 aliphatic heterocycles. The largest absolute Gasteiger partial charge is 0.399 e. The normalized spacial score (nSPS) is 18.8. The first-order chi connectivity index (χ1) is 8.90. The number of hydrogen-bond acceptors (Lipinski definition) is 3. The number of anilines is 1. The molecule has 0 bridgehead atoms. The Labute approximate surface area is 110 Å². The number of aryl methyl sites for hydroxylation is 1. The van der Waals surface area contributed by atoms with E-state index in [0.717, 1.165) is 0 Å². The fourth-order valence-electron chi connectivity index (χ4n) is 2.16. The number of halogens is 1. The summed E-state index contributed by atoms with van der Waals surface area (Å²) in [5.74, 6) is -1.37. The van der Waals surface area contributed by atoms with E-state index in [9.17, 15) is 14.0 Å². The lowest BCUT2D eigenvalue weighted by atomic mass is 10.1. The molecule has 5 nitrogen and oxygen atoms in total. The van der Waals surface area contributed by atoms with Gasteiger partial charge in [0.15, 0.2) is 0 Å². The Bertz CT molecular complexity index is 545. The topological polar surface area (TPSA) is 75.4 Å². The fraction of sp³-hybridized carbons (Fsp3) is 0.385. The molecule has 1 aromatic carbocycles. The predicted octanol–water partition coefficient (Wildman–Crippen LogP) is 0.677. The summed E-state index contributed by atoms with van der Waals surface area (Å²) in [6.45, 7) is 2.12. The van der Waals surface area contributed by atoms with Crippen molar-refractivity contribution in [2.45, 2.75) is 19.4 Å². The second-order valence-corrected chi connectivity index (χ2v) is 4.77. The second-order valence-electron chi connectivity index (χ2n) is 4.77. The molecule has 6 heteroatoms. The number of nitrogens with two attached hydrogens (primary N) is 1. The van der Waals surface area contributed by atoms with E-state index in [1.807, 2.05) is 0 Å². The van der Waals surface area contributed by atoms with Crippen LogP contribution < -0.4 is 11.1 Å². The molecule has 0 radical (unpaired) electrons. The van der Waals surface area contributed by atoms with Crippen LogP contribution in [0.2, 0.25) is 0 Å². The first kappa shape index (κ1) is 13.3. The molecule has 1 saturated heterocycles. The Morgan fingerprint density at radius 2 is 2.21 bits per heavy atom. The van der Waals surface area contributed by atoms with Crippen molar-refractivity contribution < 1.29 is 14.0 Å². The van der Waals surface area contributed by atoms with Gasteiger partial charge in [0.1, 0.15) is 11.9 Å². The molecule has 1 fully saturated rings. The summed E-state index contributed by atoms with van der Waals surface area (Å²) in [4.78, 5) is 25.2. The molecule has 1 unspecified atom stereocenters. The lowest BCUT2D eigenvalue weighted by molar-refractivity contribution is -0.128. The molecule has 0 saturated carbocycles. The van der Waals surface area contributed by atoms with E-state index in [4.69, 9.17) is 5.73 Å². The Kier molecular flexibility index (Phi) is 3.42. The summed E-state index contributed by atoms with van der Waals surface area (Å²) in [6.07, 6.45) is 0.532. The average Bonchev–Trinajstić information content (AvgIpc) is 2.65. The van der Waals surface area contributed by atoms with E-state index in [2.05, 4.69) is 5.32 Å². The van der Waals surface area contributed by atoms with Crippen LogP contribution in [0.15, 0.2) is 12.1 Å². The third-order valence-electron chi connectivity index (χ3n) is 3.25. The van der Waals surface area contributed by atoms with Gasteiger partial charge >= 0.3 is 0 Å². The molecular weight excluding hydrogens is 249 g/mol. The van der Waals surface area contributed by atoms with Crippen LogP contribution in [0.1, 0.15) is 22.3 Å². The van der Waals surface area contributed by atoms with E-state index in [1.165, 1.54) is 24.0 Å². The van der Waals surface area contributed by atoms with Gasteiger partial charge in [-0.3, -0.25) is 9.59 Å². The lowest BCUT2D eigenvalue weighted by Gasteiger charge is -2.13. The van der Waals surface area contributed by atoms with Crippen molar-refractivity contribution in [2.24, 2.45) is 0 Å². The maximum atomic E-state index is 13.9. The smallest absolute Gasteiger partial charge is 0.254 e. The van der Waals surface area contributed by atoms with Gasteiger partial charge in [0.05, 0.1) is 5.56 Å². The van der Waals surface area contributed by atoms with Crippen LogP contribution in [-0.4, -0.2) is 36.3 Å². The highest BCUT2D eigenvalue weighted by molar-refractivity contribution is 5.99. The summed E-state index contributed by atoms with van der Waals surface area (Å²) >= 11 is 0. The van der Waals surface area contributed by atoms with Crippen molar-refractivity contribution in [3.8, 4) is 0 Å². The van der Waals surface area contributed by atoms with Crippen molar-refractivity contribution in [1.29, 1.82) is 0 Å². The summed E-state index contributed by atoms with van der Waals surface area (Å²) in [5, 5.41) is 2.54. The van der Waals surface area contributed by atoms with Crippen molar-refractivity contribution in [1.82, 2.24) is 10.2 Å². The van der Waals surface area contributed by atoms with Crippen LogP contribution in [0.4, 0.5) is 10.1 Å². The fourth-order valence-corrected chi connectivity index (χ4v) is 2.16. The summed E-state index contributed by atoms with van der Waals surface area (Å²) in [5.41, 5.74) is 6.10. The zero-order valence-corrected chi connectivity index (χ0v) is 10.9. The molecule has 0 spiro atoms. The molecule has 102 valence electrons. The molecule has 1 atom stereocenters. The molecule has 1 aliphatic rings. The summed E-state index contributed by atoms with van der Waals surface area (Å²) < 4.78 is 13.9. The van der Waals surface area contributed by atoms with Crippen molar-refractivity contribution in [3.05, 3.63) is 29.1 Å². The first-order valence-electron chi connectivity index (χ1n) is 6.01. The minimum Gasteiger partial charge on any atom is -0.399 e. The number of carbonyl (C=O) groups excluding carboxylic acids is 2. The van der Waals surface area contributed by atoms with Crippen LogP contribution in [-0.2, 0) is 4.79 Å². The molecule has 0 aliphatic carbocycles. The maximum Gasteiger partial charge on any atom is 0.254 e. The molecule has 0 aromatic heterocycles. The van der Waals surface area contributed by atoms with Gasteiger partial charge in [0.2, 0.25) is 5.91 Å². The molecule has 3 N–H and O–H groups in total. The predicted molar refractivity (Wildman–Crippen MR) is 69.1 cm³/mol. The highest BCUT2D eigenvalue weighted by atomic mass is 19.1. The van der Waals surface area contributed by atoms with Crippen LogP contribution in [0, 0.1) is 12.7 Å². The molecule has 1 heterocycles. The van der Waals surface area contributed by atoms with Crippen molar-refractivity contribution in [3.63, 3.8) is 0 Å². The Morgan fingerprint density at radius 3 is 2.79 bits per heavy atom. The monoisotopic (exact) mass is 265 g/mol. The molecule has 19 heavy (non-hydrogen) atoms. The van der Waals surface area contributed by atoms with Crippen molar-refractivity contribution in [2.75, 3.05) is 19.3 Å². The third kappa shape index (κ3) is 2.52. The number of amides is 2. The standard InChI is InChI=1S/C13H16FN3O2/c1-7-5-8(15)6-9(11(7)14)12(18)16-10-3-4-17(2)13(10)19/h5-6,10H,3-4,15H2,1-2H3,(H,16,18).